The van der Waals surface area contributed by atoms with Crippen molar-refractivity contribution < 1.29 is 4.79 Å². The second kappa shape index (κ2) is 5.50. The molecule has 3 heteroatoms. The van der Waals surface area contributed by atoms with Crippen molar-refractivity contribution in [2.75, 3.05) is 13.6 Å². The molecule has 0 aromatic rings. The Kier molecular flexibility index (Phi) is 4.58. The van der Waals surface area contributed by atoms with E-state index < -0.39 is 0 Å². The first-order valence-corrected chi connectivity index (χ1v) is 6.02. The number of likely N-dealkylation sites (N-methyl/N-ethyl adjacent to an activating group) is 1. The van der Waals surface area contributed by atoms with E-state index in [0.717, 1.165) is 6.54 Å². The maximum absolute atomic E-state index is 11.3. The number of rotatable bonds is 4. The molecule has 1 aliphatic carbocycles. The van der Waals surface area contributed by atoms with Gasteiger partial charge in [-0.05, 0) is 25.2 Å². The molecule has 1 unspecified atom stereocenters. The highest BCUT2D eigenvalue weighted by Crippen LogP contribution is 2.34. The largest absolute Gasteiger partial charge is 0.358 e. The molecule has 1 rings (SSSR count). The Hall–Kier alpha value is -0.570. The van der Waals surface area contributed by atoms with Gasteiger partial charge in [0.25, 0.3) is 0 Å². The van der Waals surface area contributed by atoms with Crippen molar-refractivity contribution in [3.63, 3.8) is 0 Å². The first-order valence-electron chi connectivity index (χ1n) is 6.02. The first kappa shape index (κ1) is 12.5. The van der Waals surface area contributed by atoms with E-state index in [1.54, 1.807) is 7.05 Å². The minimum Gasteiger partial charge on any atom is -0.358 e. The topological polar surface area (TPSA) is 41.1 Å². The summed E-state index contributed by atoms with van der Waals surface area (Å²) in [5.41, 5.74) is 0.403. The highest BCUT2D eigenvalue weighted by atomic mass is 16.2. The Bertz CT molecular complexity index is 210. The molecule has 0 radical (unpaired) electrons. The Labute approximate surface area is 93.0 Å². The third kappa shape index (κ3) is 3.82. The fourth-order valence-electron chi connectivity index (χ4n) is 2.29. The summed E-state index contributed by atoms with van der Waals surface area (Å²) in [6.45, 7) is 5.21. The van der Waals surface area contributed by atoms with Gasteiger partial charge in [-0.2, -0.15) is 0 Å². The number of hydrogen-bond donors (Lipinski definition) is 2. The van der Waals surface area contributed by atoms with Crippen LogP contribution in [0, 0.1) is 5.41 Å². The molecule has 3 nitrogen and oxygen atoms in total. The fourth-order valence-corrected chi connectivity index (χ4v) is 2.29. The van der Waals surface area contributed by atoms with Crippen LogP contribution in [0.4, 0.5) is 0 Å². The van der Waals surface area contributed by atoms with E-state index in [-0.39, 0.29) is 11.9 Å². The Morgan fingerprint density at radius 2 is 1.93 bits per heavy atom. The van der Waals surface area contributed by atoms with E-state index in [9.17, 15) is 4.79 Å². The van der Waals surface area contributed by atoms with Crippen LogP contribution in [0.1, 0.15) is 46.0 Å². The molecular formula is C12H24N2O. The van der Waals surface area contributed by atoms with Crippen LogP contribution in [0.5, 0.6) is 0 Å². The van der Waals surface area contributed by atoms with Gasteiger partial charge in [-0.15, -0.1) is 0 Å². The lowest BCUT2D eigenvalue weighted by Crippen LogP contribution is -2.45. The van der Waals surface area contributed by atoms with E-state index in [4.69, 9.17) is 0 Å². The predicted molar refractivity (Wildman–Crippen MR) is 62.7 cm³/mol. The van der Waals surface area contributed by atoms with Gasteiger partial charge in [0.2, 0.25) is 5.91 Å². The molecule has 0 bridgehead atoms. The van der Waals surface area contributed by atoms with Crippen LogP contribution in [-0.4, -0.2) is 25.5 Å². The number of amides is 1. The van der Waals surface area contributed by atoms with E-state index in [1.165, 1.54) is 32.1 Å². The van der Waals surface area contributed by atoms with Gasteiger partial charge in [-0.25, -0.2) is 0 Å². The standard InChI is InChI=1S/C12H24N2O/c1-10(11(15)13-3)14-9-12(2)7-5-4-6-8-12/h10,14H,4-9H2,1-3H3,(H,13,15). The van der Waals surface area contributed by atoms with Gasteiger partial charge >= 0.3 is 0 Å². The summed E-state index contributed by atoms with van der Waals surface area (Å²) in [4.78, 5) is 11.3. The predicted octanol–water partition coefficient (Wildman–Crippen LogP) is 1.68. The molecule has 0 saturated heterocycles. The van der Waals surface area contributed by atoms with Crippen LogP contribution in [0.25, 0.3) is 0 Å². The van der Waals surface area contributed by atoms with Crippen molar-refractivity contribution in [2.24, 2.45) is 5.41 Å². The SMILES string of the molecule is CNC(=O)C(C)NCC1(C)CCCCC1. The van der Waals surface area contributed by atoms with Crippen molar-refractivity contribution in [2.45, 2.75) is 52.0 Å². The summed E-state index contributed by atoms with van der Waals surface area (Å²) < 4.78 is 0. The maximum Gasteiger partial charge on any atom is 0.236 e. The van der Waals surface area contributed by atoms with E-state index in [0.29, 0.717) is 5.41 Å². The molecule has 0 spiro atoms. The molecule has 0 aromatic heterocycles. The molecule has 2 N–H and O–H groups in total. The van der Waals surface area contributed by atoms with Crippen LogP contribution in [0.15, 0.2) is 0 Å². The smallest absolute Gasteiger partial charge is 0.236 e. The summed E-state index contributed by atoms with van der Waals surface area (Å²) in [5.74, 6) is 0.0782. The molecule has 1 fully saturated rings. The number of hydrogen-bond acceptors (Lipinski definition) is 2. The Morgan fingerprint density at radius 3 is 2.47 bits per heavy atom. The van der Waals surface area contributed by atoms with E-state index in [2.05, 4.69) is 17.6 Å². The molecule has 88 valence electrons. The second-order valence-corrected chi connectivity index (χ2v) is 5.09. The van der Waals surface area contributed by atoms with E-state index >= 15 is 0 Å². The van der Waals surface area contributed by atoms with Crippen molar-refractivity contribution >= 4 is 5.91 Å². The van der Waals surface area contributed by atoms with E-state index in [1.807, 2.05) is 6.92 Å². The van der Waals surface area contributed by atoms with Crippen molar-refractivity contribution in [1.82, 2.24) is 10.6 Å². The van der Waals surface area contributed by atoms with Crippen molar-refractivity contribution in [3.8, 4) is 0 Å². The van der Waals surface area contributed by atoms with Gasteiger partial charge < -0.3 is 10.6 Å². The van der Waals surface area contributed by atoms with Crippen LogP contribution in [0.3, 0.4) is 0 Å². The number of nitrogens with one attached hydrogen (secondary N) is 2. The van der Waals surface area contributed by atoms with Gasteiger partial charge in [-0.1, -0.05) is 26.2 Å². The third-order valence-electron chi connectivity index (χ3n) is 3.54. The normalized spacial score (nSPS) is 22.1. The average molecular weight is 212 g/mol. The summed E-state index contributed by atoms with van der Waals surface area (Å²) in [6, 6.07) is -0.0752. The van der Waals surface area contributed by atoms with Crippen molar-refractivity contribution in [3.05, 3.63) is 0 Å². The summed E-state index contributed by atoms with van der Waals surface area (Å²) in [6.07, 6.45) is 6.64. The Morgan fingerprint density at radius 1 is 1.33 bits per heavy atom. The molecule has 1 saturated carbocycles. The lowest BCUT2D eigenvalue weighted by Gasteiger charge is -2.34. The summed E-state index contributed by atoms with van der Waals surface area (Å²) in [5, 5.41) is 6.00. The Balaban J connectivity index is 2.31. The zero-order valence-electron chi connectivity index (χ0n) is 10.2. The monoisotopic (exact) mass is 212 g/mol. The maximum atomic E-state index is 11.3. The highest BCUT2D eigenvalue weighted by molar-refractivity contribution is 5.80. The van der Waals surface area contributed by atoms with Crippen LogP contribution >= 0.6 is 0 Å². The minimum atomic E-state index is -0.0752. The van der Waals surface area contributed by atoms with Gasteiger partial charge in [0.1, 0.15) is 0 Å². The molecule has 0 aromatic carbocycles. The second-order valence-electron chi connectivity index (χ2n) is 5.09. The van der Waals surface area contributed by atoms with Gasteiger partial charge in [0, 0.05) is 13.6 Å². The zero-order chi connectivity index (χ0) is 11.3. The molecule has 1 atom stereocenters. The van der Waals surface area contributed by atoms with Crippen molar-refractivity contribution in [1.29, 1.82) is 0 Å². The molecule has 0 aliphatic heterocycles. The summed E-state index contributed by atoms with van der Waals surface area (Å²) >= 11 is 0. The number of carbonyl (C=O) groups excluding carboxylic acids is 1. The molecule has 15 heavy (non-hydrogen) atoms. The molecule has 1 amide bonds. The lowest BCUT2D eigenvalue weighted by atomic mass is 9.75. The van der Waals surface area contributed by atoms with Crippen LogP contribution in [0.2, 0.25) is 0 Å². The van der Waals surface area contributed by atoms with Gasteiger partial charge in [0.05, 0.1) is 6.04 Å². The molecule has 0 heterocycles. The minimum absolute atomic E-state index is 0.0752. The average Bonchev–Trinajstić information content (AvgIpc) is 2.26. The lowest BCUT2D eigenvalue weighted by molar-refractivity contribution is -0.122. The first-order chi connectivity index (χ1) is 7.07. The third-order valence-corrected chi connectivity index (χ3v) is 3.54. The van der Waals surface area contributed by atoms with Crippen LogP contribution < -0.4 is 10.6 Å². The summed E-state index contributed by atoms with van der Waals surface area (Å²) in [7, 11) is 1.68. The van der Waals surface area contributed by atoms with Gasteiger partial charge in [-0.3, -0.25) is 4.79 Å². The molecular weight excluding hydrogens is 188 g/mol. The van der Waals surface area contributed by atoms with Gasteiger partial charge in [0.15, 0.2) is 0 Å². The highest BCUT2D eigenvalue weighted by Gasteiger charge is 2.27. The molecule has 1 aliphatic rings. The van der Waals surface area contributed by atoms with Crippen LogP contribution in [-0.2, 0) is 4.79 Å². The zero-order valence-corrected chi connectivity index (χ0v) is 10.2. The number of carbonyl (C=O) groups is 1. The fraction of sp³-hybridized carbons (Fsp3) is 0.917. The quantitative estimate of drug-likeness (QED) is 0.744.